The maximum Gasteiger partial charge on any atom is 0.387 e. The number of nitrogens with zero attached hydrogens (tertiary/aromatic N) is 1. The van der Waals surface area contributed by atoms with Gasteiger partial charge in [0.15, 0.2) is 16.7 Å². The summed E-state index contributed by atoms with van der Waals surface area (Å²) in [5, 5.41) is 11.8. The fourth-order valence-electron chi connectivity index (χ4n) is 2.81. The van der Waals surface area contributed by atoms with Crippen molar-refractivity contribution in [2.75, 3.05) is 18.9 Å². The smallest absolute Gasteiger partial charge is 0.387 e. The molecular weight excluding hydrogens is 401 g/mol. The molecule has 1 aromatic heterocycles. The number of aromatic amines is 1. The Labute approximate surface area is 163 Å². The number of likely N-dealkylation sites (N-methyl/N-ethyl adjacent to an activating group) is 1. The van der Waals surface area contributed by atoms with Crippen molar-refractivity contribution in [3.63, 3.8) is 0 Å². The predicted octanol–water partition coefficient (Wildman–Crippen LogP) is 2.95. The molecule has 0 spiro atoms. The Morgan fingerprint density at radius 2 is 2.07 bits per heavy atom. The van der Waals surface area contributed by atoms with Gasteiger partial charge in [-0.3, -0.25) is 14.7 Å². The number of Topliss-reactive ketones (excluding diaryl/α,β-unsaturated/α-hetero) is 1. The minimum Gasteiger partial charge on any atom is -0.429 e. The number of carbonyl (C=O) groups excluding carboxylic acids is 2. The number of anilines is 1. The first-order valence-electron chi connectivity index (χ1n) is 8.14. The summed E-state index contributed by atoms with van der Waals surface area (Å²) in [4.78, 5) is 25.0. The highest BCUT2D eigenvalue weighted by Crippen LogP contribution is 2.32. The molecule has 2 rings (SSSR count). The highest BCUT2D eigenvalue weighted by molar-refractivity contribution is 6.29. The average Bonchev–Trinajstić information content (AvgIpc) is 3.03. The van der Waals surface area contributed by atoms with Crippen LogP contribution in [0, 0.1) is 11.7 Å². The van der Waals surface area contributed by atoms with Crippen LogP contribution in [0.2, 0.25) is 5.15 Å². The maximum absolute atomic E-state index is 13.9. The molecule has 0 bridgehead atoms. The number of carbonyl (C=O) groups is 2. The number of H-pyrrole nitrogens is 1. The summed E-state index contributed by atoms with van der Waals surface area (Å²) >= 11 is 5.81. The average molecular weight is 419 g/mol. The maximum atomic E-state index is 13.9. The van der Waals surface area contributed by atoms with Crippen LogP contribution in [0.1, 0.15) is 18.5 Å². The lowest BCUT2D eigenvalue weighted by molar-refractivity contribution is -0.130. The van der Waals surface area contributed by atoms with Crippen LogP contribution in [-0.2, 0) is 9.59 Å². The van der Waals surface area contributed by atoms with Gasteiger partial charge in [0.1, 0.15) is 11.7 Å². The number of aromatic nitrogens is 2. The van der Waals surface area contributed by atoms with E-state index >= 15 is 0 Å². The van der Waals surface area contributed by atoms with E-state index in [-0.39, 0.29) is 17.4 Å². The van der Waals surface area contributed by atoms with Crippen molar-refractivity contribution in [2.24, 2.45) is 5.92 Å². The predicted molar refractivity (Wildman–Crippen MR) is 96.1 cm³/mol. The number of rotatable bonds is 9. The number of halogens is 4. The first-order valence-corrected chi connectivity index (χ1v) is 8.52. The van der Waals surface area contributed by atoms with E-state index in [1.165, 1.54) is 25.1 Å². The quantitative estimate of drug-likeness (QED) is 0.544. The van der Waals surface area contributed by atoms with Crippen LogP contribution in [0.25, 0.3) is 0 Å². The molecule has 7 nitrogen and oxygen atoms in total. The molecule has 3 N–H and O–H groups in total. The summed E-state index contributed by atoms with van der Waals surface area (Å²) in [6.45, 7) is -1.87. The third-order valence-electron chi connectivity index (χ3n) is 3.94. The Balaban J connectivity index is 2.35. The van der Waals surface area contributed by atoms with Gasteiger partial charge in [0.05, 0.1) is 5.69 Å². The van der Waals surface area contributed by atoms with Crippen molar-refractivity contribution in [3.8, 4) is 5.75 Å². The van der Waals surface area contributed by atoms with Crippen molar-refractivity contribution in [3.05, 3.63) is 40.9 Å². The van der Waals surface area contributed by atoms with Crippen molar-refractivity contribution in [2.45, 2.75) is 19.5 Å². The summed E-state index contributed by atoms with van der Waals surface area (Å²) in [6.07, 6.45) is 0. The molecular formula is C17H18ClF3N4O3. The summed E-state index contributed by atoms with van der Waals surface area (Å²) in [5.74, 6) is -5.12. The molecule has 2 aromatic rings. The van der Waals surface area contributed by atoms with Crippen molar-refractivity contribution >= 4 is 29.0 Å². The first kappa shape index (κ1) is 21.7. The number of hydrogen-bond donors (Lipinski definition) is 3. The van der Waals surface area contributed by atoms with Crippen LogP contribution in [0.15, 0.2) is 24.3 Å². The van der Waals surface area contributed by atoms with E-state index in [0.29, 0.717) is 5.69 Å². The molecule has 0 fully saturated rings. The van der Waals surface area contributed by atoms with Crippen molar-refractivity contribution < 1.29 is 27.5 Å². The van der Waals surface area contributed by atoms with Gasteiger partial charge in [-0.1, -0.05) is 17.7 Å². The molecule has 0 aliphatic rings. The lowest BCUT2D eigenvalue weighted by atomic mass is 9.85. The standard InChI is InChI=1S/C17H18ClF3N4O3/c1-8(26)14(9(7-22-2)12-6-13(18)25-24-12)16(27)23-11-5-3-4-10(19)15(11)28-17(20)21/h3-6,9,14,17,22H,7H2,1-2H3,(H,23,27)(H,24,25)/t9-,14+/m1/s1. The lowest BCUT2D eigenvalue weighted by Crippen LogP contribution is -2.37. The second-order valence-corrected chi connectivity index (χ2v) is 6.27. The summed E-state index contributed by atoms with van der Waals surface area (Å²) in [7, 11) is 1.63. The van der Waals surface area contributed by atoms with Gasteiger partial charge in [0, 0.05) is 18.2 Å². The van der Waals surface area contributed by atoms with Crippen LogP contribution in [-0.4, -0.2) is 42.1 Å². The zero-order valence-electron chi connectivity index (χ0n) is 14.9. The number of para-hydroxylation sites is 1. The molecule has 1 heterocycles. The van der Waals surface area contributed by atoms with Gasteiger partial charge in [-0.2, -0.15) is 13.9 Å². The molecule has 1 aromatic carbocycles. The van der Waals surface area contributed by atoms with Gasteiger partial charge >= 0.3 is 6.61 Å². The molecule has 0 aliphatic heterocycles. The number of nitrogens with one attached hydrogen (secondary N) is 3. The minimum atomic E-state index is -3.29. The zero-order valence-corrected chi connectivity index (χ0v) is 15.7. The third kappa shape index (κ3) is 5.23. The monoisotopic (exact) mass is 418 g/mol. The van der Waals surface area contributed by atoms with E-state index in [2.05, 4.69) is 25.6 Å². The largest absolute Gasteiger partial charge is 0.429 e. The number of benzene rings is 1. The topological polar surface area (TPSA) is 96.1 Å². The lowest BCUT2D eigenvalue weighted by Gasteiger charge is -2.24. The summed E-state index contributed by atoms with van der Waals surface area (Å²) in [5.41, 5.74) is 0.111. The number of ether oxygens (including phenoxy) is 1. The Morgan fingerprint density at radius 3 is 2.61 bits per heavy atom. The highest BCUT2D eigenvalue weighted by atomic mass is 35.5. The Morgan fingerprint density at radius 1 is 1.36 bits per heavy atom. The van der Waals surface area contributed by atoms with Gasteiger partial charge in [-0.25, -0.2) is 4.39 Å². The van der Waals surface area contributed by atoms with E-state index in [1.54, 1.807) is 7.05 Å². The Hall–Kier alpha value is -2.59. The highest BCUT2D eigenvalue weighted by Gasteiger charge is 2.35. The number of hydrogen-bond acceptors (Lipinski definition) is 5. The SMILES string of the molecule is CNC[C@H](c1cc(Cl)n[nH]1)[C@H](C(C)=O)C(=O)Nc1cccc(F)c1OC(F)F. The molecule has 152 valence electrons. The van der Waals surface area contributed by atoms with E-state index in [4.69, 9.17) is 11.6 Å². The van der Waals surface area contributed by atoms with Gasteiger partial charge in [0.2, 0.25) is 5.91 Å². The Kier molecular flexibility index (Phi) is 7.41. The molecule has 11 heteroatoms. The number of ketones is 1. The van der Waals surface area contributed by atoms with Gasteiger partial charge in [0.25, 0.3) is 0 Å². The van der Waals surface area contributed by atoms with E-state index in [0.717, 1.165) is 6.07 Å². The zero-order chi connectivity index (χ0) is 20.8. The molecule has 0 aliphatic carbocycles. The van der Waals surface area contributed by atoms with Crippen molar-refractivity contribution in [1.29, 1.82) is 0 Å². The van der Waals surface area contributed by atoms with Crippen molar-refractivity contribution in [1.82, 2.24) is 15.5 Å². The van der Waals surface area contributed by atoms with Crippen LogP contribution in [0.3, 0.4) is 0 Å². The van der Waals surface area contributed by atoms with Crippen LogP contribution < -0.4 is 15.4 Å². The Bertz CT molecular complexity index is 847. The third-order valence-corrected chi connectivity index (χ3v) is 4.14. The second kappa shape index (κ2) is 9.56. The fraction of sp³-hybridized carbons (Fsp3) is 0.353. The van der Waals surface area contributed by atoms with E-state index in [9.17, 15) is 22.8 Å². The molecule has 2 atom stereocenters. The molecule has 1 amide bonds. The molecule has 0 unspecified atom stereocenters. The second-order valence-electron chi connectivity index (χ2n) is 5.88. The first-order chi connectivity index (χ1) is 13.2. The molecule has 0 saturated heterocycles. The van der Waals surface area contributed by atoms with E-state index in [1.807, 2.05) is 0 Å². The van der Waals surface area contributed by atoms with Crippen LogP contribution in [0.4, 0.5) is 18.9 Å². The van der Waals surface area contributed by atoms with Gasteiger partial charge in [-0.05, 0) is 32.2 Å². The molecule has 28 heavy (non-hydrogen) atoms. The van der Waals surface area contributed by atoms with Gasteiger partial charge in [-0.15, -0.1) is 0 Å². The minimum absolute atomic E-state index is 0.150. The summed E-state index contributed by atoms with van der Waals surface area (Å²) in [6, 6.07) is 4.79. The number of alkyl halides is 2. The van der Waals surface area contributed by atoms with Crippen LogP contribution in [0.5, 0.6) is 5.75 Å². The fourth-order valence-corrected chi connectivity index (χ4v) is 2.97. The normalized spacial score (nSPS) is 13.2. The number of amides is 1. The van der Waals surface area contributed by atoms with Gasteiger partial charge < -0.3 is 15.4 Å². The summed E-state index contributed by atoms with van der Waals surface area (Å²) < 4.78 is 43.2. The molecule has 0 radical (unpaired) electrons. The van der Waals surface area contributed by atoms with E-state index < -0.39 is 41.7 Å². The molecule has 0 saturated carbocycles. The van der Waals surface area contributed by atoms with Crippen LogP contribution >= 0.6 is 11.6 Å².